The molecule has 5 heteroatoms. The summed E-state index contributed by atoms with van der Waals surface area (Å²) in [6, 6.07) is 8.89. The molecule has 2 rings (SSSR count). The van der Waals surface area contributed by atoms with Crippen LogP contribution in [0.4, 0.5) is 0 Å². The van der Waals surface area contributed by atoms with Gasteiger partial charge in [-0.2, -0.15) is 0 Å². The number of rotatable bonds is 4. The first-order valence-corrected chi connectivity index (χ1v) is 6.65. The van der Waals surface area contributed by atoms with Crippen LogP contribution in [0.5, 0.6) is 5.75 Å². The molecular weight excluding hydrogens is 310 g/mol. The number of nitrogens with zero attached hydrogens (tertiary/aromatic N) is 1. The van der Waals surface area contributed by atoms with E-state index in [2.05, 4.69) is 15.9 Å². The Kier molecular flexibility index (Phi) is 3.95. The molecule has 0 fully saturated rings. The predicted octanol–water partition coefficient (Wildman–Crippen LogP) is 3.73. The SMILES string of the molecule is CC(C)Oc1ccc(-n2cc(Br)cc2C(=O)O)cc1. The van der Waals surface area contributed by atoms with E-state index < -0.39 is 5.97 Å². The molecule has 100 valence electrons. The van der Waals surface area contributed by atoms with Crippen LogP contribution >= 0.6 is 15.9 Å². The summed E-state index contributed by atoms with van der Waals surface area (Å²) in [6.45, 7) is 3.92. The van der Waals surface area contributed by atoms with Gasteiger partial charge in [-0.05, 0) is 60.1 Å². The highest BCUT2D eigenvalue weighted by molar-refractivity contribution is 9.10. The number of carboxylic acids is 1. The van der Waals surface area contributed by atoms with Gasteiger partial charge < -0.3 is 14.4 Å². The molecule has 0 aliphatic carbocycles. The summed E-state index contributed by atoms with van der Waals surface area (Å²) in [5.74, 6) is -0.199. The standard InChI is InChI=1S/C14H14BrNO3/c1-9(2)19-12-5-3-11(4-6-12)16-8-10(15)7-13(16)14(17)18/h3-9H,1-2H3,(H,17,18). The number of carbonyl (C=O) groups is 1. The molecule has 1 aromatic carbocycles. The molecule has 19 heavy (non-hydrogen) atoms. The van der Waals surface area contributed by atoms with E-state index in [0.29, 0.717) is 0 Å². The molecule has 0 radical (unpaired) electrons. The Balaban J connectivity index is 2.34. The van der Waals surface area contributed by atoms with Crippen molar-refractivity contribution in [3.63, 3.8) is 0 Å². The minimum Gasteiger partial charge on any atom is -0.491 e. The summed E-state index contributed by atoms with van der Waals surface area (Å²) < 4.78 is 7.90. The zero-order valence-corrected chi connectivity index (χ0v) is 12.2. The minimum absolute atomic E-state index is 0.112. The number of carboxylic acid groups (broad SMARTS) is 1. The lowest BCUT2D eigenvalue weighted by Gasteiger charge is -2.11. The van der Waals surface area contributed by atoms with Gasteiger partial charge in [-0.25, -0.2) is 4.79 Å². The first kappa shape index (κ1) is 13.7. The maximum atomic E-state index is 11.2. The quantitative estimate of drug-likeness (QED) is 0.932. The van der Waals surface area contributed by atoms with Crippen LogP contribution in [-0.2, 0) is 0 Å². The van der Waals surface area contributed by atoms with Gasteiger partial charge in [0.2, 0.25) is 0 Å². The second-order valence-electron chi connectivity index (χ2n) is 4.38. The largest absolute Gasteiger partial charge is 0.491 e. The molecule has 4 nitrogen and oxygen atoms in total. The zero-order valence-electron chi connectivity index (χ0n) is 10.6. The first-order chi connectivity index (χ1) is 8.97. The number of hydrogen-bond donors (Lipinski definition) is 1. The van der Waals surface area contributed by atoms with Crippen LogP contribution in [0.1, 0.15) is 24.3 Å². The molecule has 1 aromatic heterocycles. The monoisotopic (exact) mass is 323 g/mol. The number of aromatic nitrogens is 1. The maximum Gasteiger partial charge on any atom is 0.352 e. The van der Waals surface area contributed by atoms with Gasteiger partial charge >= 0.3 is 5.97 Å². The van der Waals surface area contributed by atoms with Gasteiger partial charge in [0, 0.05) is 16.4 Å². The second kappa shape index (κ2) is 5.48. The van der Waals surface area contributed by atoms with Crippen LogP contribution in [0.25, 0.3) is 5.69 Å². The molecule has 0 atom stereocenters. The van der Waals surface area contributed by atoms with E-state index in [9.17, 15) is 4.79 Å². The van der Waals surface area contributed by atoms with Crippen molar-refractivity contribution in [2.24, 2.45) is 0 Å². The van der Waals surface area contributed by atoms with E-state index in [-0.39, 0.29) is 11.8 Å². The van der Waals surface area contributed by atoms with Gasteiger partial charge in [0.15, 0.2) is 0 Å². The molecule has 0 spiro atoms. The number of ether oxygens (including phenoxy) is 1. The fraction of sp³-hybridized carbons (Fsp3) is 0.214. The summed E-state index contributed by atoms with van der Waals surface area (Å²) in [7, 11) is 0. The third-order valence-corrected chi connectivity index (χ3v) is 2.93. The van der Waals surface area contributed by atoms with Gasteiger partial charge in [-0.3, -0.25) is 0 Å². The van der Waals surface area contributed by atoms with E-state index in [1.54, 1.807) is 16.8 Å². The van der Waals surface area contributed by atoms with E-state index >= 15 is 0 Å². The molecule has 0 saturated heterocycles. The van der Waals surface area contributed by atoms with Crippen molar-refractivity contribution in [2.75, 3.05) is 0 Å². The van der Waals surface area contributed by atoms with Crippen LogP contribution in [0, 0.1) is 0 Å². The third kappa shape index (κ3) is 3.17. The number of halogens is 1. The summed E-state index contributed by atoms with van der Waals surface area (Å²) in [5, 5.41) is 9.15. The van der Waals surface area contributed by atoms with Crippen molar-refractivity contribution >= 4 is 21.9 Å². The second-order valence-corrected chi connectivity index (χ2v) is 5.29. The molecule has 0 unspecified atom stereocenters. The third-order valence-electron chi connectivity index (χ3n) is 2.49. The minimum atomic E-state index is -0.965. The number of benzene rings is 1. The Morgan fingerprint density at radius 1 is 1.32 bits per heavy atom. The molecule has 0 saturated carbocycles. The van der Waals surface area contributed by atoms with Gasteiger partial charge in [0.05, 0.1) is 6.10 Å². The van der Waals surface area contributed by atoms with Crippen LogP contribution in [0.3, 0.4) is 0 Å². The number of aromatic carboxylic acids is 1. The highest BCUT2D eigenvalue weighted by atomic mass is 79.9. The number of hydrogen-bond acceptors (Lipinski definition) is 2. The Bertz CT molecular complexity index is 587. The van der Waals surface area contributed by atoms with Gasteiger partial charge in [-0.1, -0.05) is 0 Å². The average molecular weight is 324 g/mol. The Hall–Kier alpha value is -1.75. The molecule has 1 N–H and O–H groups in total. The molecule has 1 heterocycles. The lowest BCUT2D eigenvalue weighted by atomic mass is 10.3. The first-order valence-electron chi connectivity index (χ1n) is 5.85. The topological polar surface area (TPSA) is 51.5 Å². The van der Waals surface area contributed by atoms with E-state index in [0.717, 1.165) is 15.9 Å². The van der Waals surface area contributed by atoms with Crippen molar-refractivity contribution in [1.82, 2.24) is 4.57 Å². The van der Waals surface area contributed by atoms with Crippen LogP contribution in [0.2, 0.25) is 0 Å². The smallest absolute Gasteiger partial charge is 0.352 e. The van der Waals surface area contributed by atoms with Crippen LogP contribution in [-0.4, -0.2) is 21.7 Å². The van der Waals surface area contributed by atoms with E-state index in [1.165, 1.54) is 0 Å². The summed E-state index contributed by atoms with van der Waals surface area (Å²) >= 11 is 3.29. The molecular formula is C14H14BrNO3. The van der Waals surface area contributed by atoms with Crippen molar-refractivity contribution in [1.29, 1.82) is 0 Å². The zero-order chi connectivity index (χ0) is 14.0. The molecule has 0 aliphatic heterocycles. The fourth-order valence-electron chi connectivity index (χ4n) is 1.77. The van der Waals surface area contributed by atoms with Crippen LogP contribution < -0.4 is 4.74 Å². The Morgan fingerprint density at radius 3 is 2.47 bits per heavy atom. The maximum absolute atomic E-state index is 11.2. The van der Waals surface area contributed by atoms with E-state index in [4.69, 9.17) is 9.84 Å². The lowest BCUT2D eigenvalue weighted by Crippen LogP contribution is -2.07. The van der Waals surface area contributed by atoms with Gasteiger partial charge in [0.1, 0.15) is 11.4 Å². The predicted molar refractivity (Wildman–Crippen MR) is 76.2 cm³/mol. The highest BCUT2D eigenvalue weighted by Gasteiger charge is 2.12. The lowest BCUT2D eigenvalue weighted by molar-refractivity contribution is 0.0688. The van der Waals surface area contributed by atoms with Gasteiger partial charge in [-0.15, -0.1) is 0 Å². The van der Waals surface area contributed by atoms with Crippen molar-refractivity contribution in [3.05, 3.63) is 46.7 Å². The van der Waals surface area contributed by atoms with E-state index in [1.807, 2.05) is 38.1 Å². The molecule has 2 aromatic rings. The van der Waals surface area contributed by atoms with Gasteiger partial charge in [0.25, 0.3) is 0 Å². The summed E-state index contributed by atoms with van der Waals surface area (Å²) in [4.78, 5) is 11.2. The van der Waals surface area contributed by atoms with Crippen molar-refractivity contribution in [3.8, 4) is 11.4 Å². The summed E-state index contributed by atoms with van der Waals surface area (Å²) in [6.07, 6.45) is 1.84. The highest BCUT2D eigenvalue weighted by Crippen LogP contribution is 2.22. The summed E-state index contributed by atoms with van der Waals surface area (Å²) in [5.41, 5.74) is 0.989. The molecule has 0 amide bonds. The van der Waals surface area contributed by atoms with Crippen molar-refractivity contribution in [2.45, 2.75) is 20.0 Å². The Labute approximate surface area is 119 Å². The van der Waals surface area contributed by atoms with Crippen molar-refractivity contribution < 1.29 is 14.6 Å². The molecule has 0 bridgehead atoms. The van der Waals surface area contributed by atoms with Crippen LogP contribution in [0.15, 0.2) is 41.0 Å². The Morgan fingerprint density at radius 2 is 1.95 bits per heavy atom. The fourth-order valence-corrected chi connectivity index (χ4v) is 2.19. The molecule has 0 aliphatic rings. The average Bonchev–Trinajstić information content (AvgIpc) is 2.72. The normalized spacial score (nSPS) is 10.7.